The monoisotopic (exact) mass is 415 g/mol. The summed E-state index contributed by atoms with van der Waals surface area (Å²) in [5.74, 6) is -0.684. The molecule has 0 saturated carbocycles. The lowest BCUT2D eigenvalue weighted by molar-refractivity contribution is -0.137. The van der Waals surface area contributed by atoms with E-state index in [2.05, 4.69) is 10.3 Å². The second-order valence-electron chi connectivity index (χ2n) is 6.78. The number of alkyl halides is 3. The first-order valence-corrected chi connectivity index (χ1v) is 9.05. The minimum Gasteiger partial charge on any atom is -0.465 e. The van der Waals surface area contributed by atoms with Crippen LogP contribution in [0, 0.1) is 0 Å². The number of carbonyl (C=O) groups excluding carboxylic acids is 1. The Morgan fingerprint density at radius 3 is 2.33 bits per heavy atom. The summed E-state index contributed by atoms with van der Waals surface area (Å²) in [5, 5.41) is 12.4. The van der Waals surface area contributed by atoms with Crippen molar-refractivity contribution in [3.8, 4) is 11.3 Å². The molecule has 2 heterocycles. The number of benzene rings is 2. The van der Waals surface area contributed by atoms with Gasteiger partial charge in [0.15, 0.2) is 0 Å². The number of aromatic nitrogens is 1. The van der Waals surface area contributed by atoms with E-state index in [-0.39, 0.29) is 18.5 Å². The Kier molecular flexibility index (Phi) is 4.73. The van der Waals surface area contributed by atoms with Crippen molar-refractivity contribution in [3.63, 3.8) is 0 Å². The van der Waals surface area contributed by atoms with Crippen molar-refractivity contribution in [2.75, 3.05) is 11.9 Å². The number of nitrogens with zero attached hydrogens (tertiary/aromatic N) is 1. The van der Waals surface area contributed by atoms with Crippen LogP contribution in [-0.4, -0.2) is 33.5 Å². The summed E-state index contributed by atoms with van der Waals surface area (Å²) in [6.45, 7) is -0.00108. The molecule has 0 spiro atoms. The Morgan fingerprint density at radius 2 is 1.73 bits per heavy atom. The minimum atomic E-state index is -4.46. The fourth-order valence-corrected chi connectivity index (χ4v) is 3.45. The van der Waals surface area contributed by atoms with Crippen LogP contribution in [0.2, 0.25) is 0 Å². The highest BCUT2D eigenvalue weighted by Gasteiger charge is 2.35. The van der Waals surface area contributed by atoms with E-state index < -0.39 is 23.7 Å². The summed E-state index contributed by atoms with van der Waals surface area (Å²) in [4.78, 5) is 28.1. The zero-order valence-corrected chi connectivity index (χ0v) is 15.5. The Hall–Kier alpha value is -3.75. The van der Waals surface area contributed by atoms with Crippen LogP contribution < -0.4 is 5.32 Å². The fraction of sp³-hybridized carbons (Fsp3) is 0.143. The summed E-state index contributed by atoms with van der Waals surface area (Å²) in [7, 11) is 0. The van der Waals surface area contributed by atoms with E-state index in [1.165, 1.54) is 12.1 Å². The third-order valence-corrected chi connectivity index (χ3v) is 4.90. The number of halogens is 3. The zero-order valence-electron chi connectivity index (χ0n) is 15.5. The van der Waals surface area contributed by atoms with E-state index in [9.17, 15) is 27.9 Å². The second kappa shape index (κ2) is 7.25. The third kappa shape index (κ3) is 3.49. The molecule has 4 rings (SSSR count). The maximum absolute atomic E-state index is 12.9. The van der Waals surface area contributed by atoms with Gasteiger partial charge < -0.3 is 15.4 Å². The van der Waals surface area contributed by atoms with E-state index in [4.69, 9.17) is 0 Å². The summed E-state index contributed by atoms with van der Waals surface area (Å²) < 4.78 is 38.8. The van der Waals surface area contributed by atoms with Crippen molar-refractivity contribution in [1.29, 1.82) is 0 Å². The number of fused-ring (bicyclic) bond motifs is 1. The molecule has 6 nitrogen and oxygen atoms in total. The highest BCUT2D eigenvalue weighted by molar-refractivity contribution is 6.10. The number of H-pyrrole nitrogens is 1. The van der Waals surface area contributed by atoms with Gasteiger partial charge in [0, 0.05) is 29.9 Å². The molecule has 3 N–H and O–H groups in total. The Balaban J connectivity index is 1.84. The average molecular weight is 415 g/mol. The van der Waals surface area contributed by atoms with E-state index in [1.807, 2.05) is 6.07 Å². The van der Waals surface area contributed by atoms with Gasteiger partial charge in [-0.05, 0) is 24.3 Å². The Morgan fingerprint density at radius 1 is 1.07 bits per heavy atom. The smallest absolute Gasteiger partial charge is 0.416 e. The molecule has 0 saturated heterocycles. The summed E-state index contributed by atoms with van der Waals surface area (Å²) >= 11 is 0. The molecule has 9 heteroatoms. The molecular formula is C21H16F3N3O3. The van der Waals surface area contributed by atoms with E-state index >= 15 is 0 Å². The van der Waals surface area contributed by atoms with Gasteiger partial charge in [0.25, 0.3) is 5.91 Å². The van der Waals surface area contributed by atoms with Gasteiger partial charge in [-0.25, -0.2) is 9.69 Å². The van der Waals surface area contributed by atoms with Crippen LogP contribution in [0.4, 0.5) is 29.3 Å². The molecule has 1 aliphatic heterocycles. The van der Waals surface area contributed by atoms with Gasteiger partial charge in [0.1, 0.15) is 0 Å². The van der Waals surface area contributed by atoms with Crippen LogP contribution in [0.25, 0.3) is 11.3 Å². The first kappa shape index (κ1) is 19.6. The summed E-state index contributed by atoms with van der Waals surface area (Å²) in [6, 6.07) is 13.5. The van der Waals surface area contributed by atoms with Gasteiger partial charge in [0.2, 0.25) is 0 Å². The summed E-state index contributed by atoms with van der Waals surface area (Å²) in [6.07, 6.45) is -5.54. The molecule has 2 amide bonds. The van der Waals surface area contributed by atoms with Gasteiger partial charge in [-0.2, -0.15) is 13.2 Å². The molecule has 1 aliphatic rings. The Bertz CT molecular complexity index is 1110. The quantitative estimate of drug-likeness (QED) is 0.554. The van der Waals surface area contributed by atoms with E-state index in [1.54, 1.807) is 24.3 Å². The first-order chi connectivity index (χ1) is 14.3. The van der Waals surface area contributed by atoms with E-state index in [0.717, 1.165) is 17.0 Å². The number of aromatic amines is 1. The van der Waals surface area contributed by atoms with Crippen LogP contribution in [0.15, 0.2) is 54.6 Å². The number of nitrogens with one attached hydrogen (secondary N) is 2. The largest absolute Gasteiger partial charge is 0.465 e. The normalized spacial score (nSPS) is 13.8. The number of hydrogen-bond acceptors (Lipinski definition) is 3. The standard InChI is InChI=1S/C21H16F3N3O3/c22-21(23,24)13-8-6-12(7-9-13)17-18(25-14-4-2-1-3-5-14)16-15(26-17)10-11-27(19(16)28)20(29)30/h1-9,25-26H,10-11H2,(H,29,30). The maximum Gasteiger partial charge on any atom is 0.416 e. The fourth-order valence-electron chi connectivity index (χ4n) is 3.45. The van der Waals surface area contributed by atoms with Gasteiger partial charge in [-0.3, -0.25) is 4.79 Å². The lowest BCUT2D eigenvalue weighted by atomic mass is 10.0. The molecule has 154 valence electrons. The molecule has 0 fully saturated rings. The molecule has 0 radical (unpaired) electrons. The second-order valence-corrected chi connectivity index (χ2v) is 6.78. The average Bonchev–Trinajstić information content (AvgIpc) is 3.07. The highest BCUT2D eigenvalue weighted by atomic mass is 19.4. The van der Waals surface area contributed by atoms with Crippen molar-refractivity contribution in [2.45, 2.75) is 12.6 Å². The molecular weight excluding hydrogens is 399 g/mol. The number of imide groups is 1. The van der Waals surface area contributed by atoms with Crippen LogP contribution in [0.5, 0.6) is 0 Å². The minimum absolute atomic E-state index is 0.00108. The topological polar surface area (TPSA) is 85.4 Å². The maximum atomic E-state index is 12.9. The SMILES string of the molecule is O=C(O)N1CCc2[nH]c(-c3ccc(C(F)(F)F)cc3)c(Nc3ccccc3)c2C1=O. The van der Waals surface area contributed by atoms with Crippen molar-refractivity contribution < 1.29 is 27.9 Å². The lowest BCUT2D eigenvalue weighted by Crippen LogP contribution is -2.41. The molecule has 0 bridgehead atoms. The predicted molar refractivity (Wildman–Crippen MR) is 104 cm³/mol. The van der Waals surface area contributed by atoms with Crippen molar-refractivity contribution in [1.82, 2.24) is 9.88 Å². The third-order valence-electron chi connectivity index (χ3n) is 4.90. The molecule has 1 aromatic heterocycles. The predicted octanol–water partition coefficient (Wildman–Crippen LogP) is 5.12. The summed E-state index contributed by atoms with van der Waals surface area (Å²) in [5.41, 5.74) is 1.74. The van der Waals surface area contributed by atoms with Crippen LogP contribution in [0.3, 0.4) is 0 Å². The number of anilines is 2. The molecule has 0 unspecified atom stereocenters. The van der Waals surface area contributed by atoms with E-state index in [0.29, 0.717) is 28.3 Å². The molecule has 0 atom stereocenters. The number of carbonyl (C=O) groups is 2. The van der Waals surface area contributed by atoms with Crippen molar-refractivity contribution in [3.05, 3.63) is 71.4 Å². The molecule has 0 aliphatic carbocycles. The van der Waals surface area contributed by atoms with Crippen LogP contribution in [-0.2, 0) is 12.6 Å². The van der Waals surface area contributed by atoms with Crippen molar-refractivity contribution in [2.24, 2.45) is 0 Å². The Labute approximate surface area is 168 Å². The number of carboxylic acid groups (broad SMARTS) is 1. The lowest BCUT2D eigenvalue weighted by Gasteiger charge is -2.23. The molecule has 3 aromatic rings. The number of amides is 2. The number of rotatable bonds is 3. The van der Waals surface area contributed by atoms with Crippen LogP contribution in [0.1, 0.15) is 21.6 Å². The van der Waals surface area contributed by atoms with Crippen molar-refractivity contribution >= 4 is 23.4 Å². The number of para-hydroxylation sites is 1. The highest BCUT2D eigenvalue weighted by Crippen LogP contribution is 2.39. The van der Waals surface area contributed by atoms with Gasteiger partial charge >= 0.3 is 12.3 Å². The zero-order chi connectivity index (χ0) is 21.5. The molecule has 2 aromatic carbocycles. The van der Waals surface area contributed by atoms with Gasteiger partial charge in [0.05, 0.1) is 22.5 Å². The first-order valence-electron chi connectivity index (χ1n) is 9.05. The number of hydrogen-bond donors (Lipinski definition) is 3. The molecule has 30 heavy (non-hydrogen) atoms. The van der Waals surface area contributed by atoms with Gasteiger partial charge in [-0.1, -0.05) is 30.3 Å². The van der Waals surface area contributed by atoms with Gasteiger partial charge in [-0.15, -0.1) is 0 Å². The van der Waals surface area contributed by atoms with Crippen LogP contribution >= 0.6 is 0 Å².